The molecule has 1 saturated carbocycles. The maximum absolute atomic E-state index is 12.5. The third kappa shape index (κ3) is 3.82. The van der Waals surface area contributed by atoms with Crippen LogP contribution in [0.25, 0.3) is 0 Å². The molecular weight excluding hydrogens is 276 g/mol. The number of rotatable bonds is 3. The highest BCUT2D eigenvalue weighted by Crippen LogP contribution is 2.42. The normalized spacial score (nSPS) is 22.3. The summed E-state index contributed by atoms with van der Waals surface area (Å²) in [6.07, 6.45) is 7.59. The molecule has 1 aliphatic rings. The summed E-state index contributed by atoms with van der Waals surface area (Å²) < 4.78 is 12.5. The molecule has 1 atom stereocenters. The number of hydrogen-bond donors (Lipinski definition) is 0. The molecule has 21 heavy (non-hydrogen) atoms. The summed E-state index contributed by atoms with van der Waals surface area (Å²) in [5.74, 6) is 0. The lowest BCUT2D eigenvalue weighted by Gasteiger charge is -2.34. The molecule has 2 heteroatoms. The van der Waals surface area contributed by atoms with E-state index < -0.39 is 10.8 Å². The topological polar surface area (TPSA) is 17.1 Å². The number of hydrogen-bond acceptors (Lipinski definition) is 1. The Balaban J connectivity index is 2.24. The SMILES string of the molecule is C=C1CCCC(C)(C)/C1=C/C=C(\C)S(=O)c1ccccc1. The summed E-state index contributed by atoms with van der Waals surface area (Å²) in [6.45, 7) is 10.7. The van der Waals surface area contributed by atoms with Crippen LogP contribution in [0.5, 0.6) is 0 Å². The second kappa shape index (κ2) is 6.57. The van der Waals surface area contributed by atoms with Crippen LogP contribution >= 0.6 is 0 Å². The molecule has 0 heterocycles. The minimum Gasteiger partial charge on any atom is -0.249 e. The van der Waals surface area contributed by atoms with Gasteiger partial charge in [-0.25, -0.2) is 4.21 Å². The van der Waals surface area contributed by atoms with Crippen LogP contribution in [0.2, 0.25) is 0 Å². The van der Waals surface area contributed by atoms with Gasteiger partial charge in [0.15, 0.2) is 0 Å². The van der Waals surface area contributed by atoms with Crippen LogP contribution < -0.4 is 0 Å². The minimum atomic E-state index is -1.08. The first-order chi connectivity index (χ1) is 9.92. The maximum atomic E-state index is 12.5. The van der Waals surface area contributed by atoms with E-state index in [1.807, 2.05) is 43.3 Å². The van der Waals surface area contributed by atoms with Crippen LogP contribution in [0.1, 0.15) is 40.0 Å². The molecule has 1 aromatic rings. The number of benzene rings is 1. The van der Waals surface area contributed by atoms with Crippen LogP contribution in [0.4, 0.5) is 0 Å². The zero-order valence-corrected chi connectivity index (χ0v) is 14.0. The third-order valence-electron chi connectivity index (χ3n) is 4.12. The molecule has 2 rings (SSSR count). The van der Waals surface area contributed by atoms with E-state index in [4.69, 9.17) is 0 Å². The summed E-state index contributed by atoms with van der Waals surface area (Å²) >= 11 is 0. The Morgan fingerprint density at radius 1 is 1.29 bits per heavy atom. The molecule has 1 aromatic carbocycles. The summed E-state index contributed by atoms with van der Waals surface area (Å²) in [5, 5.41) is 0. The summed E-state index contributed by atoms with van der Waals surface area (Å²) in [4.78, 5) is 1.73. The van der Waals surface area contributed by atoms with Crippen LogP contribution in [0.3, 0.4) is 0 Å². The van der Waals surface area contributed by atoms with Gasteiger partial charge in [-0.15, -0.1) is 0 Å². The van der Waals surface area contributed by atoms with E-state index in [1.54, 1.807) is 0 Å². The Labute approximate surface area is 130 Å². The molecule has 112 valence electrons. The molecule has 0 aliphatic heterocycles. The maximum Gasteiger partial charge on any atom is 0.0805 e. The molecule has 0 saturated heterocycles. The van der Waals surface area contributed by atoms with Gasteiger partial charge in [-0.3, -0.25) is 0 Å². The van der Waals surface area contributed by atoms with Crippen molar-refractivity contribution < 1.29 is 4.21 Å². The van der Waals surface area contributed by atoms with Crippen molar-refractivity contribution in [1.29, 1.82) is 0 Å². The van der Waals surface area contributed by atoms with Crippen LogP contribution in [0.15, 0.2) is 70.0 Å². The van der Waals surface area contributed by atoms with Crippen molar-refractivity contribution in [2.45, 2.75) is 44.9 Å². The first kappa shape index (κ1) is 16.0. The van der Waals surface area contributed by atoms with Crippen molar-refractivity contribution in [1.82, 2.24) is 0 Å². The van der Waals surface area contributed by atoms with E-state index >= 15 is 0 Å². The Hall–Kier alpha value is -1.41. The van der Waals surface area contributed by atoms with E-state index in [9.17, 15) is 4.21 Å². The first-order valence-corrected chi connectivity index (χ1v) is 8.61. The third-order valence-corrected chi connectivity index (χ3v) is 5.55. The Bertz CT molecular complexity index is 606. The molecule has 0 aromatic heterocycles. The van der Waals surface area contributed by atoms with E-state index in [1.165, 1.54) is 24.0 Å². The molecule has 0 amide bonds. The zero-order chi connectivity index (χ0) is 15.5. The molecule has 1 aliphatic carbocycles. The van der Waals surface area contributed by atoms with Crippen molar-refractivity contribution in [2.75, 3.05) is 0 Å². The lowest BCUT2D eigenvalue weighted by Crippen LogP contribution is -2.20. The van der Waals surface area contributed by atoms with Crippen molar-refractivity contribution in [3.8, 4) is 0 Å². The zero-order valence-electron chi connectivity index (χ0n) is 13.2. The molecule has 1 fully saturated rings. The van der Waals surface area contributed by atoms with Crippen LogP contribution in [-0.2, 0) is 10.8 Å². The van der Waals surface area contributed by atoms with E-state index in [0.29, 0.717) is 0 Å². The lowest BCUT2D eigenvalue weighted by molar-refractivity contribution is 0.371. The fraction of sp³-hybridized carbons (Fsp3) is 0.368. The fourth-order valence-electron chi connectivity index (χ4n) is 2.83. The van der Waals surface area contributed by atoms with Gasteiger partial charge in [0, 0.05) is 9.80 Å². The first-order valence-electron chi connectivity index (χ1n) is 7.46. The van der Waals surface area contributed by atoms with E-state index in [2.05, 4.69) is 26.5 Å². The molecule has 0 spiro atoms. The molecular formula is C19H24OS. The number of allylic oxidation sites excluding steroid dienone is 5. The average molecular weight is 300 g/mol. The van der Waals surface area contributed by atoms with Gasteiger partial charge in [-0.1, -0.05) is 50.3 Å². The highest BCUT2D eigenvalue weighted by atomic mass is 32.2. The van der Waals surface area contributed by atoms with Crippen molar-refractivity contribution >= 4 is 10.8 Å². The van der Waals surface area contributed by atoms with Gasteiger partial charge in [0.05, 0.1) is 10.8 Å². The Kier molecular flexibility index (Phi) is 5.00. The van der Waals surface area contributed by atoms with Gasteiger partial charge in [0.25, 0.3) is 0 Å². The van der Waals surface area contributed by atoms with E-state index in [-0.39, 0.29) is 5.41 Å². The fourth-order valence-corrected chi connectivity index (χ4v) is 3.80. The second-order valence-corrected chi connectivity index (χ2v) is 7.93. The van der Waals surface area contributed by atoms with Gasteiger partial charge in [-0.2, -0.15) is 0 Å². The van der Waals surface area contributed by atoms with Crippen molar-refractivity contribution in [3.63, 3.8) is 0 Å². The highest BCUT2D eigenvalue weighted by molar-refractivity contribution is 7.89. The quantitative estimate of drug-likeness (QED) is 0.731. The van der Waals surface area contributed by atoms with Gasteiger partial charge in [-0.05, 0) is 55.4 Å². The Morgan fingerprint density at radius 3 is 2.57 bits per heavy atom. The predicted molar refractivity (Wildman–Crippen MR) is 91.5 cm³/mol. The largest absolute Gasteiger partial charge is 0.249 e. The minimum absolute atomic E-state index is 0.167. The molecule has 0 bridgehead atoms. The molecule has 1 nitrogen and oxygen atoms in total. The lowest BCUT2D eigenvalue weighted by atomic mass is 9.71. The van der Waals surface area contributed by atoms with Crippen molar-refractivity contribution in [2.24, 2.45) is 5.41 Å². The second-order valence-electron chi connectivity index (χ2n) is 6.28. The summed E-state index contributed by atoms with van der Waals surface area (Å²) in [7, 11) is -1.08. The van der Waals surface area contributed by atoms with Crippen LogP contribution in [0, 0.1) is 5.41 Å². The van der Waals surface area contributed by atoms with Crippen molar-refractivity contribution in [3.05, 3.63) is 65.1 Å². The van der Waals surface area contributed by atoms with Crippen LogP contribution in [-0.4, -0.2) is 4.21 Å². The van der Waals surface area contributed by atoms with Gasteiger partial charge >= 0.3 is 0 Å². The highest BCUT2D eigenvalue weighted by Gasteiger charge is 2.28. The predicted octanol–water partition coefficient (Wildman–Crippen LogP) is 5.39. The smallest absolute Gasteiger partial charge is 0.0805 e. The van der Waals surface area contributed by atoms with Gasteiger partial charge in [0.2, 0.25) is 0 Å². The summed E-state index contributed by atoms with van der Waals surface area (Å²) in [6, 6.07) is 9.60. The average Bonchev–Trinajstić information content (AvgIpc) is 2.46. The molecule has 1 unspecified atom stereocenters. The van der Waals surface area contributed by atoms with Gasteiger partial charge < -0.3 is 0 Å². The monoisotopic (exact) mass is 300 g/mol. The Morgan fingerprint density at radius 2 is 1.95 bits per heavy atom. The van der Waals surface area contributed by atoms with Gasteiger partial charge in [0.1, 0.15) is 0 Å². The molecule has 0 N–H and O–H groups in total. The standard InChI is InChI=1S/C19H24OS/c1-15-9-8-14-19(3,4)18(15)13-12-16(2)21(20)17-10-6-5-7-11-17/h5-7,10-13H,1,8-9,14H2,2-4H3/b16-12+,18-13+. The molecule has 0 radical (unpaired) electrons. The summed E-state index contributed by atoms with van der Waals surface area (Å²) in [5.41, 5.74) is 2.69. The van der Waals surface area contributed by atoms with E-state index in [0.717, 1.165) is 16.2 Å².